The minimum Gasteiger partial charge on any atom is -0.292 e. The van der Waals surface area contributed by atoms with Crippen LogP contribution in [0.1, 0.15) is 10.7 Å². The summed E-state index contributed by atoms with van der Waals surface area (Å²) < 4.78 is 4.09. The maximum atomic E-state index is 12.5. The molecule has 0 aromatic carbocycles. The number of hydrogen-bond acceptors (Lipinski definition) is 5. The maximum absolute atomic E-state index is 12.5. The van der Waals surface area contributed by atoms with E-state index in [-0.39, 0.29) is 5.69 Å². The topological polar surface area (TPSA) is 81.4 Å². The van der Waals surface area contributed by atoms with Gasteiger partial charge in [0.25, 0.3) is 0 Å². The second-order valence-electron chi connectivity index (χ2n) is 4.89. The van der Waals surface area contributed by atoms with E-state index in [1.54, 1.807) is 29.1 Å². The molecule has 2 aromatic heterocycles. The molecule has 7 nitrogen and oxygen atoms in total. The highest BCUT2D eigenvalue weighted by Gasteiger charge is 2.20. The van der Waals surface area contributed by atoms with Gasteiger partial charge in [0, 0.05) is 13.2 Å². The highest BCUT2D eigenvalue weighted by atomic mass is 32.1. The monoisotopic (exact) mass is 300 g/mol. The van der Waals surface area contributed by atoms with Gasteiger partial charge in [0.05, 0.1) is 21.9 Å². The minimum absolute atomic E-state index is 0.177. The van der Waals surface area contributed by atoms with Crippen molar-refractivity contribution in [3.63, 3.8) is 0 Å². The van der Waals surface area contributed by atoms with Gasteiger partial charge in [-0.15, -0.1) is 11.3 Å². The number of aromatic nitrogens is 6. The first-order valence-corrected chi connectivity index (χ1v) is 7.27. The van der Waals surface area contributed by atoms with Crippen molar-refractivity contribution in [1.82, 2.24) is 29.5 Å². The third-order valence-corrected chi connectivity index (χ3v) is 4.35. The molecule has 106 valence electrons. The van der Waals surface area contributed by atoms with Crippen LogP contribution in [-0.2, 0) is 13.6 Å². The standard InChI is InChI=1S/C13H12N6OS/c1-7-15-11-10(21-7)5-9-12(11)18(2)13(20)19(17-9)6-8-3-4-14-16-8/h3-5H,6H2,1-2H3,(H,14,16). The second-order valence-corrected chi connectivity index (χ2v) is 6.12. The van der Waals surface area contributed by atoms with Crippen LogP contribution in [0.5, 0.6) is 0 Å². The van der Waals surface area contributed by atoms with Crippen LogP contribution in [0.2, 0.25) is 0 Å². The van der Waals surface area contributed by atoms with Crippen LogP contribution < -0.4 is 5.69 Å². The van der Waals surface area contributed by atoms with Gasteiger partial charge in [-0.1, -0.05) is 0 Å². The fourth-order valence-electron chi connectivity index (χ4n) is 2.51. The van der Waals surface area contributed by atoms with E-state index in [1.807, 2.05) is 19.1 Å². The number of H-pyrrole nitrogens is 1. The lowest BCUT2D eigenvalue weighted by molar-refractivity contribution is 0.570. The van der Waals surface area contributed by atoms with Crippen LogP contribution in [-0.4, -0.2) is 29.5 Å². The highest BCUT2D eigenvalue weighted by molar-refractivity contribution is 7.18. The number of rotatable bonds is 2. The molecule has 0 bridgehead atoms. The lowest BCUT2D eigenvalue weighted by Crippen LogP contribution is -2.33. The van der Waals surface area contributed by atoms with Crippen LogP contribution in [0, 0.1) is 6.92 Å². The summed E-state index contributed by atoms with van der Waals surface area (Å²) in [5.74, 6) is 0. The molecule has 0 saturated heterocycles. The van der Waals surface area contributed by atoms with Gasteiger partial charge in [-0.2, -0.15) is 10.2 Å². The maximum Gasteiger partial charge on any atom is 0.345 e. The lowest BCUT2D eigenvalue weighted by Gasteiger charge is -2.10. The van der Waals surface area contributed by atoms with E-state index in [0.29, 0.717) is 6.54 Å². The molecule has 2 aromatic rings. The molecule has 0 radical (unpaired) electrons. The van der Waals surface area contributed by atoms with Crippen molar-refractivity contribution >= 4 is 21.6 Å². The summed E-state index contributed by atoms with van der Waals surface area (Å²) in [7, 11) is 1.75. The molecule has 0 atom stereocenters. The molecule has 0 fully saturated rings. The number of hydrogen-bond donors (Lipinski definition) is 1. The zero-order valence-electron chi connectivity index (χ0n) is 11.5. The van der Waals surface area contributed by atoms with Crippen molar-refractivity contribution in [2.24, 2.45) is 7.05 Å². The summed E-state index contributed by atoms with van der Waals surface area (Å²) >= 11 is 1.61. The van der Waals surface area contributed by atoms with E-state index >= 15 is 0 Å². The number of aryl methyl sites for hydroxylation is 1. The molecule has 2 aliphatic rings. The Labute approximate surface area is 123 Å². The molecule has 0 saturated carbocycles. The van der Waals surface area contributed by atoms with Crippen LogP contribution >= 0.6 is 11.3 Å². The summed E-state index contributed by atoms with van der Waals surface area (Å²) in [6.07, 6.45) is 1.73. The Bertz CT molecular complexity index is 961. The zero-order valence-corrected chi connectivity index (χ0v) is 12.3. The Hall–Kier alpha value is -2.48. The molecule has 3 heterocycles. The van der Waals surface area contributed by atoms with Gasteiger partial charge in [0.2, 0.25) is 0 Å². The predicted octanol–water partition coefficient (Wildman–Crippen LogP) is 1.38. The van der Waals surface area contributed by atoms with Gasteiger partial charge >= 0.3 is 5.69 Å². The van der Waals surface area contributed by atoms with E-state index in [2.05, 4.69) is 20.3 Å². The number of aromatic amines is 1. The largest absolute Gasteiger partial charge is 0.345 e. The molecule has 21 heavy (non-hydrogen) atoms. The molecule has 0 amide bonds. The van der Waals surface area contributed by atoms with Crippen molar-refractivity contribution in [2.45, 2.75) is 13.5 Å². The summed E-state index contributed by atoms with van der Waals surface area (Å²) in [6.45, 7) is 2.31. The third-order valence-electron chi connectivity index (χ3n) is 3.44. The molecular weight excluding hydrogens is 288 g/mol. The van der Waals surface area contributed by atoms with Crippen LogP contribution in [0.4, 0.5) is 0 Å². The van der Waals surface area contributed by atoms with Crippen molar-refractivity contribution in [2.75, 3.05) is 0 Å². The normalized spacial score (nSPS) is 11.7. The van der Waals surface area contributed by atoms with Crippen molar-refractivity contribution in [1.29, 1.82) is 0 Å². The molecule has 4 rings (SSSR count). The average molecular weight is 300 g/mol. The quantitative estimate of drug-likeness (QED) is 0.606. The Morgan fingerprint density at radius 3 is 3.05 bits per heavy atom. The molecule has 8 heteroatoms. The van der Waals surface area contributed by atoms with E-state index < -0.39 is 0 Å². The van der Waals surface area contributed by atoms with Crippen LogP contribution in [0.3, 0.4) is 0 Å². The molecule has 1 aliphatic heterocycles. The lowest BCUT2D eigenvalue weighted by atomic mass is 10.3. The number of nitrogens with zero attached hydrogens (tertiary/aromatic N) is 5. The fraction of sp³-hybridized carbons (Fsp3) is 0.231. The molecule has 0 spiro atoms. The van der Waals surface area contributed by atoms with E-state index in [4.69, 9.17) is 0 Å². The number of thiazole rings is 1. The highest BCUT2D eigenvalue weighted by Crippen LogP contribution is 2.34. The van der Waals surface area contributed by atoms with Gasteiger partial charge in [-0.25, -0.2) is 14.5 Å². The molecule has 0 unspecified atom stereocenters. The van der Waals surface area contributed by atoms with E-state index in [9.17, 15) is 4.79 Å². The first-order chi connectivity index (χ1) is 10.1. The molecule has 1 N–H and O–H groups in total. The first kappa shape index (κ1) is 12.3. The average Bonchev–Trinajstić information content (AvgIpc) is 3.11. The summed E-state index contributed by atoms with van der Waals surface area (Å²) in [4.78, 5) is 17.0. The molecular formula is C13H12N6OS. The SMILES string of the molecule is Cc1nc2c3n(C)c(=O)n(Cc4cc[nH]n4)nc-3cc2s1. The van der Waals surface area contributed by atoms with E-state index in [0.717, 1.165) is 32.3 Å². The Morgan fingerprint density at radius 1 is 1.43 bits per heavy atom. The van der Waals surface area contributed by atoms with Gasteiger partial charge < -0.3 is 0 Å². The summed E-state index contributed by atoms with van der Waals surface area (Å²) in [5.41, 5.74) is 3.01. The minimum atomic E-state index is -0.177. The summed E-state index contributed by atoms with van der Waals surface area (Å²) in [6, 6.07) is 3.81. The van der Waals surface area contributed by atoms with Gasteiger partial charge in [0.1, 0.15) is 16.9 Å². The number of nitrogens with one attached hydrogen (secondary N) is 1. The van der Waals surface area contributed by atoms with Crippen molar-refractivity contribution < 1.29 is 0 Å². The third kappa shape index (κ3) is 1.79. The first-order valence-electron chi connectivity index (χ1n) is 6.46. The van der Waals surface area contributed by atoms with Gasteiger partial charge in [-0.3, -0.25) is 9.67 Å². The van der Waals surface area contributed by atoms with Gasteiger partial charge in [-0.05, 0) is 19.1 Å². The molecule has 1 aliphatic carbocycles. The van der Waals surface area contributed by atoms with Crippen LogP contribution in [0.15, 0.2) is 23.1 Å². The predicted molar refractivity (Wildman–Crippen MR) is 79.7 cm³/mol. The Kier molecular flexibility index (Phi) is 2.49. The zero-order chi connectivity index (χ0) is 14.6. The second kappa shape index (κ2) is 4.26. The van der Waals surface area contributed by atoms with Crippen LogP contribution in [0.25, 0.3) is 21.6 Å². The fourth-order valence-corrected chi connectivity index (χ4v) is 3.37. The van der Waals surface area contributed by atoms with Crippen molar-refractivity contribution in [3.05, 3.63) is 39.5 Å². The van der Waals surface area contributed by atoms with Gasteiger partial charge in [0.15, 0.2) is 0 Å². The Balaban J connectivity index is 1.96. The number of fused-ring (bicyclic) bond motifs is 3. The van der Waals surface area contributed by atoms with E-state index in [1.165, 1.54) is 4.68 Å². The summed E-state index contributed by atoms with van der Waals surface area (Å²) in [5, 5.41) is 12.2. The Morgan fingerprint density at radius 2 is 2.29 bits per heavy atom. The smallest absolute Gasteiger partial charge is 0.292 e. The van der Waals surface area contributed by atoms with Crippen molar-refractivity contribution in [3.8, 4) is 11.4 Å².